The van der Waals surface area contributed by atoms with E-state index < -0.39 is 0 Å². The van der Waals surface area contributed by atoms with Gasteiger partial charge in [-0.3, -0.25) is 0 Å². The Hall–Kier alpha value is -1.22. The van der Waals surface area contributed by atoms with E-state index in [9.17, 15) is 0 Å². The first kappa shape index (κ1) is 10.3. The van der Waals surface area contributed by atoms with Crippen LogP contribution in [0.3, 0.4) is 0 Å². The lowest BCUT2D eigenvalue weighted by Gasteiger charge is -2.22. The first-order valence-electron chi connectivity index (χ1n) is 5.36. The van der Waals surface area contributed by atoms with Crippen LogP contribution < -0.4 is 5.32 Å². The molecule has 0 fully saturated rings. The average molecular weight is 207 g/mol. The number of nitrogens with one attached hydrogen (secondary N) is 1. The maximum atomic E-state index is 5.65. The Balaban J connectivity index is 2.19. The lowest BCUT2D eigenvalue weighted by atomic mass is 10.1. The highest BCUT2D eigenvalue weighted by Crippen LogP contribution is 2.26. The van der Waals surface area contributed by atoms with Crippen LogP contribution in [0.2, 0.25) is 0 Å². The van der Waals surface area contributed by atoms with Gasteiger partial charge < -0.3 is 14.5 Å². The summed E-state index contributed by atoms with van der Waals surface area (Å²) in [6, 6.07) is 2.17. The highest BCUT2D eigenvalue weighted by molar-refractivity contribution is 5.24. The van der Waals surface area contributed by atoms with Crippen molar-refractivity contribution < 1.29 is 9.15 Å². The van der Waals surface area contributed by atoms with Crippen molar-refractivity contribution in [3.8, 4) is 0 Å². The van der Waals surface area contributed by atoms with Crippen molar-refractivity contribution in [1.82, 2.24) is 5.32 Å². The fourth-order valence-corrected chi connectivity index (χ4v) is 1.87. The predicted octanol–water partition coefficient (Wildman–Crippen LogP) is 2.54. The van der Waals surface area contributed by atoms with Gasteiger partial charge in [0, 0.05) is 5.56 Å². The monoisotopic (exact) mass is 207 g/mol. The fourth-order valence-electron chi connectivity index (χ4n) is 1.87. The third-order valence-corrected chi connectivity index (χ3v) is 2.62. The van der Waals surface area contributed by atoms with Crippen LogP contribution in [-0.2, 0) is 4.74 Å². The van der Waals surface area contributed by atoms with Gasteiger partial charge in [0.15, 0.2) is 0 Å². The molecule has 0 saturated heterocycles. The Morgan fingerprint density at radius 2 is 2.33 bits per heavy atom. The second kappa shape index (κ2) is 4.53. The molecule has 0 aliphatic carbocycles. The molecule has 1 aliphatic heterocycles. The van der Waals surface area contributed by atoms with E-state index in [1.165, 1.54) is 0 Å². The topological polar surface area (TPSA) is 34.4 Å². The van der Waals surface area contributed by atoms with Crippen molar-refractivity contribution in [2.45, 2.75) is 25.8 Å². The van der Waals surface area contributed by atoms with E-state index in [0.717, 1.165) is 36.5 Å². The molecule has 0 radical (unpaired) electrons. The summed E-state index contributed by atoms with van der Waals surface area (Å²) < 4.78 is 11.0. The Morgan fingerprint density at radius 1 is 1.47 bits per heavy atom. The number of rotatable bonds is 3. The lowest BCUT2D eigenvalue weighted by Crippen LogP contribution is -2.21. The maximum absolute atomic E-state index is 5.65. The van der Waals surface area contributed by atoms with Gasteiger partial charge in [-0.15, -0.1) is 0 Å². The van der Waals surface area contributed by atoms with Gasteiger partial charge in [0.25, 0.3) is 0 Å². The molecule has 15 heavy (non-hydrogen) atoms. The highest BCUT2D eigenvalue weighted by atomic mass is 16.5. The number of ether oxygens (including phenoxy) is 1. The Morgan fingerprint density at radius 3 is 2.87 bits per heavy atom. The SMILES string of the molecule is CNC(C1=CCCCO1)c1coc(C)c1. The van der Waals surface area contributed by atoms with Crippen molar-refractivity contribution in [3.63, 3.8) is 0 Å². The molecule has 1 aromatic rings. The smallest absolute Gasteiger partial charge is 0.114 e. The molecule has 0 spiro atoms. The van der Waals surface area contributed by atoms with E-state index in [1.807, 2.05) is 20.0 Å². The molecule has 2 rings (SSSR count). The Bertz CT molecular complexity index is 354. The molecule has 1 N–H and O–H groups in total. The second-order valence-electron chi connectivity index (χ2n) is 3.81. The van der Waals surface area contributed by atoms with Crippen LogP contribution >= 0.6 is 0 Å². The van der Waals surface area contributed by atoms with Gasteiger partial charge in [-0.25, -0.2) is 0 Å². The number of hydrogen-bond acceptors (Lipinski definition) is 3. The number of furan rings is 1. The molecule has 3 heteroatoms. The largest absolute Gasteiger partial charge is 0.496 e. The Kier molecular flexibility index (Phi) is 3.11. The minimum absolute atomic E-state index is 0.128. The number of aryl methyl sites for hydroxylation is 1. The van der Waals surface area contributed by atoms with Crippen LogP contribution in [0.1, 0.15) is 30.2 Å². The van der Waals surface area contributed by atoms with Crippen LogP contribution in [0.15, 0.2) is 28.6 Å². The van der Waals surface area contributed by atoms with Gasteiger partial charge in [0.1, 0.15) is 11.5 Å². The first-order chi connectivity index (χ1) is 7.31. The summed E-state index contributed by atoms with van der Waals surface area (Å²) in [7, 11) is 1.94. The molecule has 3 nitrogen and oxygen atoms in total. The normalized spacial score (nSPS) is 18.1. The van der Waals surface area contributed by atoms with Crippen LogP contribution in [-0.4, -0.2) is 13.7 Å². The van der Waals surface area contributed by atoms with Crippen LogP contribution in [0, 0.1) is 6.92 Å². The highest BCUT2D eigenvalue weighted by Gasteiger charge is 2.19. The first-order valence-corrected chi connectivity index (χ1v) is 5.36. The predicted molar refractivity (Wildman–Crippen MR) is 58.5 cm³/mol. The summed E-state index contributed by atoms with van der Waals surface area (Å²) >= 11 is 0. The van der Waals surface area contributed by atoms with Gasteiger partial charge in [-0.1, -0.05) is 0 Å². The molecule has 0 bridgehead atoms. The summed E-state index contributed by atoms with van der Waals surface area (Å²) in [5.41, 5.74) is 1.13. The van der Waals surface area contributed by atoms with E-state index in [2.05, 4.69) is 11.4 Å². The van der Waals surface area contributed by atoms with Gasteiger partial charge >= 0.3 is 0 Å². The van der Waals surface area contributed by atoms with Gasteiger partial charge in [0.2, 0.25) is 0 Å². The molecular formula is C12H17NO2. The van der Waals surface area contributed by atoms with Crippen molar-refractivity contribution in [2.24, 2.45) is 0 Å². The van der Waals surface area contributed by atoms with Crippen molar-refractivity contribution in [2.75, 3.05) is 13.7 Å². The molecule has 0 saturated carbocycles. The molecule has 82 valence electrons. The summed E-state index contributed by atoms with van der Waals surface area (Å²) in [6.07, 6.45) is 6.16. The standard InChI is InChI=1S/C12H17NO2/c1-9-7-10(8-15-9)12(13-2)11-5-3-4-6-14-11/h5,7-8,12-13H,3-4,6H2,1-2H3. The molecular weight excluding hydrogens is 190 g/mol. The lowest BCUT2D eigenvalue weighted by molar-refractivity contribution is 0.169. The van der Waals surface area contributed by atoms with Crippen molar-refractivity contribution in [1.29, 1.82) is 0 Å². The summed E-state index contributed by atoms with van der Waals surface area (Å²) in [6.45, 7) is 2.77. The second-order valence-corrected chi connectivity index (χ2v) is 3.81. The molecule has 0 amide bonds. The third-order valence-electron chi connectivity index (χ3n) is 2.62. The maximum Gasteiger partial charge on any atom is 0.114 e. The molecule has 2 heterocycles. The minimum atomic E-state index is 0.128. The Labute approximate surface area is 90.1 Å². The van der Waals surface area contributed by atoms with Crippen molar-refractivity contribution in [3.05, 3.63) is 35.5 Å². The zero-order valence-electron chi connectivity index (χ0n) is 9.25. The number of allylic oxidation sites excluding steroid dienone is 1. The average Bonchev–Trinajstić information content (AvgIpc) is 2.68. The van der Waals surface area contributed by atoms with Crippen LogP contribution in [0.5, 0.6) is 0 Å². The summed E-state index contributed by atoms with van der Waals surface area (Å²) in [5.74, 6) is 1.95. The van der Waals surface area contributed by atoms with E-state index in [1.54, 1.807) is 6.26 Å². The molecule has 0 aromatic carbocycles. The third kappa shape index (κ3) is 2.23. The van der Waals surface area contributed by atoms with Crippen molar-refractivity contribution >= 4 is 0 Å². The number of likely N-dealkylation sites (N-methyl/N-ethyl adjacent to an activating group) is 1. The van der Waals surface area contributed by atoms with Crippen LogP contribution in [0.25, 0.3) is 0 Å². The minimum Gasteiger partial charge on any atom is -0.496 e. The van der Waals surface area contributed by atoms with Gasteiger partial charge in [0.05, 0.1) is 18.9 Å². The molecule has 1 unspecified atom stereocenters. The van der Waals surface area contributed by atoms with Crippen LogP contribution in [0.4, 0.5) is 0 Å². The van der Waals surface area contributed by atoms with E-state index >= 15 is 0 Å². The zero-order chi connectivity index (χ0) is 10.7. The fraction of sp³-hybridized carbons (Fsp3) is 0.500. The molecule has 1 aliphatic rings. The van der Waals surface area contributed by atoms with E-state index in [0.29, 0.717) is 0 Å². The summed E-state index contributed by atoms with van der Waals surface area (Å²) in [5, 5.41) is 3.25. The molecule has 1 atom stereocenters. The summed E-state index contributed by atoms with van der Waals surface area (Å²) in [4.78, 5) is 0. The zero-order valence-corrected chi connectivity index (χ0v) is 9.25. The molecule has 1 aromatic heterocycles. The van der Waals surface area contributed by atoms with E-state index in [4.69, 9.17) is 9.15 Å². The van der Waals surface area contributed by atoms with E-state index in [-0.39, 0.29) is 6.04 Å². The quantitative estimate of drug-likeness (QED) is 0.827. The van der Waals surface area contributed by atoms with Gasteiger partial charge in [-0.05, 0) is 39.0 Å². The van der Waals surface area contributed by atoms with Gasteiger partial charge in [-0.2, -0.15) is 0 Å². The number of hydrogen-bond donors (Lipinski definition) is 1.